The van der Waals surface area contributed by atoms with Crippen LogP contribution in [0.1, 0.15) is 24.2 Å². The fourth-order valence-corrected chi connectivity index (χ4v) is 1.59. The van der Waals surface area contributed by atoms with Crippen LogP contribution in [0.25, 0.3) is 0 Å². The van der Waals surface area contributed by atoms with Gasteiger partial charge in [-0.05, 0) is 20.8 Å². The minimum Gasteiger partial charge on any atom is -0.369 e. The summed E-state index contributed by atoms with van der Waals surface area (Å²) in [5.41, 5.74) is 1.00. The van der Waals surface area contributed by atoms with Gasteiger partial charge < -0.3 is 15.2 Å². The van der Waals surface area contributed by atoms with Gasteiger partial charge in [-0.2, -0.15) is 9.97 Å². The Labute approximate surface area is 111 Å². The second-order valence-electron chi connectivity index (χ2n) is 4.17. The van der Waals surface area contributed by atoms with Crippen LogP contribution in [-0.4, -0.2) is 33.2 Å². The Bertz CT molecular complexity index is 539. The summed E-state index contributed by atoms with van der Waals surface area (Å²) in [5.74, 6) is 2.73. The summed E-state index contributed by atoms with van der Waals surface area (Å²) >= 11 is 0. The molecule has 7 nitrogen and oxygen atoms in total. The van der Waals surface area contributed by atoms with Gasteiger partial charge in [0.25, 0.3) is 0 Å². The monoisotopic (exact) mass is 262 g/mol. The largest absolute Gasteiger partial charge is 0.369 e. The van der Waals surface area contributed by atoms with Gasteiger partial charge >= 0.3 is 0 Å². The molecule has 0 unspecified atom stereocenters. The number of hydrogen-bond donors (Lipinski definition) is 2. The molecule has 0 spiro atoms. The third kappa shape index (κ3) is 3.64. The standard InChI is InChI=1S/C12H18N6O/c1-4-13-12-15-7-8(2)11(17-12)14-6-5-10-16-9(3)18-19-10/h7H,4-6H2,1-3H3,(H2,13,14,15,17). The van der Waals surface area contributed by atoms with Crippen LogP contribution < -0.4 is 10.6 Å². The lowest BCUT2D eigenvalue weighted by Gasteiger charge is -2.09. The molecule has 2 heterocycles. The Morgan fingerprint density at radius 3 is 2.74 bits per heavy atom. The summed E-state index contributed by atoms with van der Waals surface area (Å²) in [7, 11) is 0. The molecule has 0 aliphatic carbocycles. The van der Waals surface area contributed by atoms with Gasteiger partial charge in [0.2, 0.25) is 11.8 Å². The lowest BCUT2D eigenvalue weighted by Crippen LogP contribution is -2.10. The highest BCUT2D eigenvalue weighted by molar-refractivity contribution is 5.46. The summed E-state index contributed by atoms with van der Waals surface area (Å²) in [5, 5.41) is 10.1. The molecule has 102 valence electrons. The number of anilines is 2. The maximum Gasteiger partial charge on any atom is 0.228 e. The molecule has 0 bridgehead atoms. The van der Waals surface area contributed by atoms with Crippen molar-refractivity contribution in [3.05, 3.63) is 23.5 Å². The van der Waals surface area contributed by atoms with Crippen molar-refractivity contribution in [3.8, 4) is 0 Å². The first-order chi connectivity index (χ1) is 9.19. The molecule has 2 N–H and O–H groups in total. The van der Waals surface area contributed by atoms with Gasteiger partial charge in [0.1, 0.15) is 5.82 Å². The average molecular weight is 262 g/mol. The van der Waals surface area contributed by atoms with Crippen molar-refractivity contribution in [1.82, 2.24) is 20.1 Å². The van der Waals surface area contributed by atoms with Gasteiger partial charge in [0, 0.05) is 31.3 Å². The van der Waals surface area contributed by atoms with E-state index in [0.717, 1.165) is 17.9 Å². The van der Waals surface area contributed by atoms with Crippen LogP contribution in [0.4, 0.5) is 11.8 Å². The van der Waals surface area contributed by atoms with Gasteiger partial charge in [-0.1, -0.05) is 5.16 Å². The van der Waals surface area contributed by atoms with Crippen LogP contribution in [0.15, 0.2) is 10.7 Å². The smallest absolute Gasteiger partial charge is 0.228 e. The van der Waals surface area contributed by atoms with Crippen molar-refractivity contribution >= 4 is 11.8 Å². The molecule has 2 aromatic rings. The zero-order valence-corrected chi connectivity index (χ0v) is 11.4. The van der Waals surface area contributed by atoms with Crippen LogP contribution in [0, 0.1) is 13.8 Å². The van der Waals surface area contributed by atoms with E-state index in [9.17, 15) is 0 Å². The van der Waals surface area contributed by atoms with Crippen molar-refractivity contribution < 1.29 is 4.52 Å². The zero-order valence-electron chi connectivity index (χ0n) is 11.4. The van der Waals surface area contributed by atoms with E-state index >= 15 is 0 Å². The molecule has 0 amide bonds. The highest BCUT2D eigenvalue weighted by Crippen LogP contribution is 2.12. The average Bonchev–Trinajstić information content (AvgIpc) is 2.79. The number of nitrogens with zero attached hydrogens (tertiary/aromatic N) is 4. The summed E-state index contributed by atoms with van der Waals surface area (Å²) in [4.78, 5) is 12.7. The number of hydrogen-bond acceptors (Lipinski definition) is 7. The molecule has 0 aromatic carbocycles. The second kappa shape index (κ2) is 6.12. The molecule has 0 atom stereocenters. The summed E-state index contributed by atoms with van der Waals surface area (Å²) in [6.45, 7) is 7.26. The predicted octanol–water partition coefficient (Wildman–Crippen LogP) is 1.56. The Morgan fingerprint density at radius 2 is 2.05 bits per heavy atom. The van der Waals surface area contributed by atoms with Gasteiger partial charge in [-0.3, -0.25) is 0 Å². The van der Waals surface area contributed by atoms with E-state index in [1.54, 1.807) is 13.1 Å². The number of aryl methyl sites for hydroxylation is 2. The molecule has 0 aliphatic heterocycles. The van der Waals surface area contributed by atoms with E-state index in [1.165, 1.54) is 0 Å². The fraction of sp³-hybridized carbons (Fsp3) is 0.500. The molecule has 0 saturated heterocycles. The molecular weight excluding hydrogens is 244 g/mol. The first-order valence-corrected chi connectivity index (χ1v) is 6.29. The van der Waals surface area contributed by atoms with E-state index in [4.69, 9.17) is 4.52 Å². The van der Waals surface area contributed by atoms with E-state index in [0.29, 0.717) is 30.6 Å². The minimum absolute atomic E-state index is 0.628. The summed E-state index contributed by atoms with van der Waals surface area (Å²) in [6.07, 6.45) is 2.46. The number of nitrogens with one attached hydrogen (secondary N) is 2. The van der Waals surface area contributed by atoms with E-state index in [1.807, 2.05) is 13.8 Å². The predicted molar refractivity (Wildman–Crippen MR) is 72.2 cm³/mol. The van der Waals surface area contributed by atoms with Crippen LogP contribution in [0.3, 0.4) is 0 Å². The van der Waals surface area contributed by atoms with Crippen molar-refractivity contribution in [1.29, 1.82) is 0 Å². The van der Waals surface area contributed by atoms with Crippen LogP contribution >= 0.6 is 0 Å². The lowest BCUT2D eigenvalue weighted by molar-refractivity contribution is 0.377. The van der Waals surface area contributed by atoms with Crippen LogP contribution in [0.5, 0.6) is 0 Å². The van der Waals surface area contributed by atoms with Gasteiger partial charge in [-0.25, -0.2) is 4.98 Å². The van der Waals surface area contributed by atoms with Crippen molar-refractivity contribution in [2.45, 2.75) is 27.2 Å². The molecular formula is C12H18N6O. The van der Waals surface area contributed by atoms with Crippen LogP contribution in [0.2, 0.25) is 0 Å². The van der Waals surface area contributed by atoms with Crippen molar-refractivity contribution in [2.75, 3.05) is 23.7 Å². The Hall–Kier alpha value is -2.18. The summed E-state index contributed by atoms with van der Waals surface area (Å²) in [6, 6.07) is 0. The minimum atomic E-state index is 0.628. The molecule has 19 heavy (non-hydrogen) atoms. The Morgan fingerprint density at radius 1 is 1.21 bits per heavy atom. The first kappa shape index (κ1) is 13.3. The maximum atomic E-state index is 5.05. The molecule has 2 aromatic heterocycles. The van der Waals surface area contributed by atoms with E-state index in [-0.39, 0.29) is 0 Å². The SMILES string of the molecule is CCNc1ncc(C)c(NCCc2nc(C)no2)n1. The van der Waals surface area contributed by atoms with Gasteiger partial charge in [0.05, 0.1) is 0 Å². The number of aromatic nitrogens is 4. The molecule has 0 aliphatic rings. The maximum absolute atomic E-state index is 5.05. The normalized spacial score (nSPS) is 10.5. The van der Waals surface area contributed by atoms with Crippen molar-refractivity contribution in [2.24, 2.45) is 0 Å². The molecule has 0 saturated carbocycles. The zero-order chi connectivity index (χ0) is 13.7. The highest BCUT2D eigenvalue weighted by atomic mass is 16.5. The quantitative estimate of drug-likeness (QED) is 0.816. The third-order valence-corrected chi connectivity index (χ3v) is 2.51. The second-order valence-corrected chi connectivity index (χ2v) is 4.17. The molecule has 0 radical (unpaired) electrons. The summed E-state index contributed by atoms with van der Waals surface area (Å²) < 4.78 is 5.05. The molecule has 2 rings (SSSR count). The molecule has 7 heteroatoms. The molecule has 0 fully saturated rings. The topological polar surface area (TPSA) is 88.8 Å². The third-order valence-electron chi connectivity index (χ3n) is 2.51. The highest BCUT2D eigenvalue weighted by Gasteiger charge is 2.05. The Balaban J connectivity index is 1.93. The van der Waals surface area contributed by atoms with Gasteiger partial charge in [0.15, 0.2) is 5.82 Å². The number of rotatable bonds is 6. The Kier molecular flexibility index (Phi) is 4.27. The van der Waals surface area contributed by atoms with Crippen molar-refractivity contribution in [3.63, 3.8) is 0 Å². The van der Waals surface area contributed by atoms with E-state index in [2.05, 4.69) is 30.7 Å². The van der Waals surface area contributed by atoms with Crippen LogP contribution in [-0.2, 0) is 6.42 Å². The fourth-order valence-electron chi connectivity index (χ4n) is 1.59. The lowest BCUT2D eigenvalue weighted by atomic mass is 10.3. The van der Waals surface area contributed by atoms with Gasteiger partial charge in [-0.15, -0.1) is 0 Å². The first-order valence-electron chi connectivity index (χ1n) is 6.29. The van der Waals surface area contributed by atoms with E-state index < -0.39 is 0 Å².